The van der Waals surface area contributed by atoms with Gasteiger partial charge in [0, 0.05) is 0 Å². The molecule has 1 heterocycles. The normalized spacial score (nSPS) is 20.9. The number of hydrogen-bond acceptors (Lipinski definition) is 3. The summed E-state index contributed by atoms with van der Waals surface area (Å²) in [5, 5.41) is 0. The first-order valence-electron chi connectivity index (χ1n) is 6.13. The first-order chi connectivity index (χ1) is 8.34. The maximum atomic E-state index is 10.6. The van der Waals surface area contributed by atoms with E-state index in [0.29, 0.717) is 6.61 Å². The van der Waals surface area contributed by atoms with Crippen molar-refractivity contribution in [1.29, 1.82) is 0 Å². The molecule has 0 aromatic heterocycles. The van der Waals surface area contributed by atoms with Crippen LogP contribution in [0.5, 0.6) is 0 Å². The lowest BCUT2D eigenvalue weighted by Gasteiger charge is -2.37. The minimum atomic E-state index is -0.284. The summed E-state index contributed by atoms with van der Waals surface area (Å²) in [6.07, 6.45) is 5.78. The quantitative estimate of drug-likeness (QED) is 0.577. The Balaban J connectivity index is 2.00. The fourth-order valence-electron chi connectivity index (χ4n) is 2.72. The molecule has 1 aromatic rings. The molecule has 0 spiro atoms. The van der Waals surface area contributed by atoms with E-state index in [2.05, 4.69) is 23.2 Å². The number of ether oxygens (including phenoxy) is 1. The molecule has 88 valence electrons. The van der Waals surface area contributed by atoms with E-state index >= 15 is 0 Å². The summed E-state index contributed by atoms with van der Waals surface area (Å²) in [5.74, 6) is 0. The van der Waals surface area contributed by atoms with Crippen molar-refractivity contribution in [1.82, 2.24) is 0 Å². The molecule has 0 saturated heterocycles. The molecule has 0 radical (unpaired) electrons. The van der Waals surface area contributed by atoms with Crippen LogP contribution in [0.15, 0.2) is 23.2 Å². The molecule has 1 fully saturated rings. The van der Waals surface area contributed by atoms with Gasteiger partial charge in [-0.1, -0.05) is 18.2 Å². The molecule has 2 aliphatic rings. The molecule has 0 amide bonds. The highest BCUT2D eigenvalue weighted by molar-refractivity contribution is 5.42. The summed E-state index contributed by atoms with van der Waals surface area (Å²) >= 11 is 0. The smallest absolute Gasteiger partial charge is 0.235 e. The average molecular weight is 229 g/mol. The highest BCUT2D eigenvalue weighted by atomic mass is 16.5. The molecule has 3 heteroatoms. The first kappa shape index (κ1) is 10.7. The van der Waals surface area contributed by atoms with Gasteiger partial charge < -0.3 is 4.74 Å². The molecule has 3 nitrogen and oxygen atoms in total. The third-order valence-corrected chi connectivity index (χ3v) is 3.96. The minimum absolute atomic E-state index is 0.284. The van der Waals surface area contributed by atoms with Crippen LogP contribution in [0.25, 0.3) is 0 Å². The highest BCUT2D eigenvalue weighted by Gasteiger charge is 2.39. The Hall–Kier alpha value is -1.44. The van der Waals surface area contributed by atoms with E-state index in [1.165, 1.54) is 11.1 Å². The second-order valence-electron chi connectivity index (χ2n) is 4.87. The fourth-order valence-corrected chi connectivity index (χ4v) is 2.72. The van der Waals surface area contributed by atoms with E-state index in [1.807, 2.05) is 0 Å². The Labute approximate surface area is 101 Å². The van der Waals surface area contributed by atoms with Crippen LogP contribution in [-0.2, 0) is 28.1 Å². The Morgan fingerprint density at radius 1 is 1.29 bits per heavy atom. The minimum Gasteiger partial charge on any atom is -0.376 e. The molecule has 1 aromatic carbocycles. The van der Waals surface area contributed by atoms with Crippen LogP contribution in [0.2, 0.25) is 0 Å². The number of aliphatic imine (C=N–C) groups is 1. The maximum Gasteiger partial charge on any atom is 0.235 e. The average Bonchev–Trinajstić information content (AvgIpc) is 2.33. The summed E-state index contributed by atoms with van der Waals surface area (Å²) in [6, 6.07) is 6.44. The Morgan fingerprint density at radius 2 is 2.18 bits per heavy atom. The van der Waals surface area contributed by atoms with Crippen LogP contribution in [0.1, 0.15) is 36.0 Å². The molecule has 1 aliphatic heterocycles. The number of rotatable bonds is 2. The maximum absolute atomic E-state index is 10.6. The molecule has 0 unspecified atom stereocenters. The summed E-state index contributed by atoms with van der Waals surface area (Å²) in [6.45, 7) is 1.49. The SMILES string of the molecule is O=C=NC1(c2ccc3c(c2)COCC3)CCC1. The lowest BCUT2D eigenvalue weighted by molar-refractivity contribution is 0.110. The van der Waals surface area contributed by atoms with Crippen LogP contribution in [-0.4, -0.2) is 12.7 Å². The summed E-state index contributed by atoms with van der Waals surface area (Å²) in [7, 11) is 0. The molecule has 3 rings (SSSR count). The zero-order valence-corrected chi connectivity index (χ0v) is 9.74. The van der Waals surface area contributed by atoms with Crippen LogP contribution >= 0.6 is 0 Å². The Kier molecular flexibility index (Phi) is 2.58. The third-order valence-electron chi connectivity index (χ3n) is 3.96. The number of isocyanates is 1. The number of hydrogen-bond donors (Lipinski definition) is 0. The van der Waals surface area contributed by atoms with Crippen molar-refractivity contribution in [2.24, 2.45) is 4.99 Å². The highest BCUT2D eigenvalue weighted by Crippen LogP contribution is 2.45. The van der Waals surface area contributed by atoms with E-state index in [4.69, 9.17) is 4.74 Å². The van der Waals surface area contributed by atoms with Gasteiger partial charge in [0.05, 0.1) is 18.8 Å². The van der Waals surface area contributed by atoms with Crippen LogP contribution < -0.4 is 0 Å². The van der Waals surface area contributed by atoms with E-state index < -0.39 is 0 Å². The summed E-state index contributed by atoms with van der Waals surface area (Å²) in [5.41, 5.74) is 3.48. The Morgan fingerprint density at radius 3 is 2.88 bits per heavy atom. The van der Waals surface area contributed by atoms with E-state index in [-0.39, 0.29) is 5.54 Å². The summed E-state index contributed by atoms with van der Waals surface area (Å²) in [4.78, 5) is 14.6. The molecular weight excluding hydrogens is 214 g/mol. The molecule has 17 heavy (non-hydrogen) atoms. The van der Waals surface area contributed by atoms with Gasteiger partial charge >= 0.3 is 0 Å². The van der Waals surface area contributed by atoms with Crippen molar-refractivity contribution < 1.29 is 9.53 Å². The lowest BCUT2D eigenvalue weighted by Crippen LogP contribution is -2.32. The van der Waals surface area contributed by atoms with Crippen molar-refractivity contribution in [3.8, 4) is 0 Å². The van der Waals surface area contributed by atoms with Crippen molar-refractivity contribution in [2.75, 3.05) is 6.61 Å². The van der Waals surface area contributed by atoms with Gasteiger partial charge in [0.2, 0.25) is 6.08 Å². The van der Waals surface area contributed by atoms with Crippen LogP contribution in [0.3, 0.4) is 0 Å². The van der Waals surface area contributed by atoms with E-state index in [0.717, 1.165) is 37.9 Å². The van der Waals surface area contributed by atoms with Gasteiger partial charge in [-0.25, -0.2) is 4.79 Å². The standard InChI is InChI=1S/C14H15NO2/c16-10-15-14(5-1-6-14)13-3-2-11-4-7-17-9-12(11)8-13/h2-3,8H,1,4-7,9H2. The van der Waals surface area contributed by atoms with Crippen molar-refractivity contribution in [3.05, 3.63) is 34.9 Å². The zero-order valence-electron chi connectivity index (χ0n) is 9.74. The van der Waals surface area contributed by atoms with Gasteiger partial charge in [-0.05, 0) is 42.4 Å². The number of nitrogens with zero attached hydrogens (tertiary/aromatic N) is 1. The van der Waals surface area contributed by atoms with Crippen molar-refractivity contribution in [2.45, 2.75) is 37.8 Å². The summed E-state index contributed by atoms with van der Waals surface area (Å²) < 4.78 is 5.47. The number of fused-ring (bicyclic) bond motifs is 1. The lowest BCUT2D eigenvalue weighted by atomic mass is 9.72. The molecular formula is C14H15NO2. The second-order valence-corrected chi connectivity index (χ2v) is 4.87. The topological polar surface area (TPSA) is 38.7 Å². The zero-order chi connectivity index (χ0) is 11.7. The van der Waals surface area contributed by atoms with E-state index in [1.54, 1.807) is 6.08 Å². The third kappa shape index (κ3) is 1.72. The molecule has 0 N–H and O–H groups in total. The largest absolute Gasteiger partial charge is 0.376 e. The molecule has 0 bridgehead atoms. The predicted molar refractivity (Wildman–Crippen MR) is 63.5 cm³/mol. The fraction of sp³-hybridized carbons (Fsp3) is 0.500. The van der Waals surface area contributed by atoms with E-state index in [9.17, 15) is 4.79 Å². The number of carbonyl (C=O) groups excluding carboxylic acids is 1. The van der Waals surface area contributed by atoms with Crippen molar-refractivity contribution >= 4 is 6.08 Å². The number of benzene rings is 1. The van der Waals surface area contributed by atoms with Gasteiger partial charge in [-0.2, -0.15) is 4.99 Å². The molecule has 1 saturated carbocycles. The first-order valence-corrected chi connectivity index (χ1v) is 6.13. The molecule has 1 aliphatic carbocycles. The predicted octanol–water partition coefficient (Wildman–Crippen LogP) is 2.47. The molecule has 0 atom stereocenters. The second kappa shape index (κ2) is 4.10. The monoisotopic (exact) mass is 229 g/mol. The van der Waals surface area contributed by atoms with Gasteiger partial charge in [0.25, 0.3) is 0 Å². The van der Waals surface area contributed by atoms with Gasteiger partial charge in [0.1, 0.15) is 0 Å². The van der Waals surface area contributed by atoms with Gasteiger partial charge in [0.15, 0.2) is 0 Å². The Bertz CT molecular complexity index is 485. The van der Waals surface area contributed by atoms with Gasteiger partial charge in [-0.15, -0.1) is 0 Å². The van der Waals surface area contributed by atoms with Crippen molar-refractivity contribution in [3.63, 3.8) is 0 Å². The van der Waals surface area contributed by atoms with Gasteiger partial charge in [-0.3, -0.25) is 0 Å². The van der Waals surface area contributed by atoms with Crippen LogP contribution in [0.4, 0.5) is 0 Å². The van der Waals surface area contributed by atoms with Crippen LogP contribution in [0, 0.1) is 0 Å².